The zero-order valence-electron chi connectivity index (χ0n) is 14.5. The molecule has 0 radical (unpaired) electrons. The van der Waals surface area contributed by atoms with Gasteiger partial charge in [-0.05, 0) is 23.8 Å². The maximum atomic E-state index is 13.2. The van der Waals surface area contributed by atoms with Gasteiger partial charge in [-0.2, -0.15) is 0 Å². The van der Waals surface area contributed by atoms with Crippen LogP contribution in [0.25, 0.3) is 11.4 Å². The molecule has 6 heteroatoms. The number of nitrogens with zero attached hydrogens (tertiary/aromatic N) is 2. The van der Waals surface area contributed by atoms with Gasteiger partial charge in [-0.15, -0.1) is 0 Å². The summed E-state index contributed by atoms with van der Waals surface area (Å²) in [5.74, 6) is 0.428. The summed E-state index contributed by atoms with van der Waals surface area (Å²) in [6, 6.07) is 7.42. The van der Waals surface area contributed by atoms with E-state index in [4.69, 9.17) is 5.73 Å². The Hall–Kier alpha value is -2.63. The molecule has 0 spiro atoms. The van der Waals surface area contributed by atoms with E-state index >= 15 is 0 Å². The smallest absolute Gasteiger partial charge is 0.254 e. The van der Waals surface area contributed by atoms with Crippen LogP contribution in [0.1, 0.15) is 30.6 Å². The molecule has 6 nitrogen and oxygen atoms in total. The number of benzene rings is 1. The fourth-order valence-electron chi connectivity index (χ4n) is 4.84. The van der Waals surface area contributed by atoms with Crippen LogP contribution in [0.3, 0.4) is 0 Å². The van der Waals surface area contributed by atoms with Gasteiger partial charge in [0, 0.05) is 31.0 Å². The Morgan fingerprint density at radius 3 is 2.68 bits per heavy atom. The second kappa shape index (κ2) is 5.18. The zero-order valence-corrected chi connectivity index (χ0v) is 14.5. The molecular weight excluding hydrogens is 316 g/mol. The number of aromatic nitrogens is 2. The molecule has 1 aliphatic carbocycles. The normalized spacial score (nSPS) is 26.8. The van der Waals surface area contributed by atoms with Gasteiger partial charge < -0.3 is 15.6 Å². The molecule has 1 aromatic heterocycles. The van der Waals surface area contributed by atoms with E-state index in [1.807, 2.05) is 24.3 Å². The van der Waals surface area contributed by atoms with Gasteiger partial charge in [-0.1, -0.05) is 32.0 Å². The van der Waals surface area contributed by atoms with Crippen molar-refractivity contribution in [1.82, 2.24) is 14.9 Å². The van der Waals surface area contributed by atoms with Crippen LogP contribution in [0, 0.1) is 16.7 Å². The Bertz CT molecular complexity index is 843. The predicted molar refractivity (Wildman–Crippen MR) is 93.4 cm³/mol. The van der Waals surface area contributed by atoms with Crippen LogP contribution in [-0.2, 0) is 4.79 Å². The first kappa shape index (κ1) is 15.9. The summed E-state index contributed by atoms with van der Waals surface area (Å²) in [6.45, 7) is 5.26. The van der Waals surface area contributed by atoms with Crippen molar-refractivity contribution in [2.75, 3.05) is 13.1 Å². The van der Waals surface area contributed by atoms with Crippen LogP contribution in [-0.4, -0.2) is 39.8 Å². The van der Waals surface area contributed by atoms with Crippen molar-refractivity contribution in [3.63, 3.8) is 0 Å². The summed E-state index contributed by atoms with van der Waals surface area (Å²) in [7, 11) is 0. The third-order valence-corrected chi connectivity index (χ3v) is 5.95. The molecule has 2 atom stereocenters. The first-order chi connectivity index (χ1) is 11.8. The van der Waals surface area contributed by atoms with Gasteiger partial charge in [-0.3, -0.25) is 9.59 Å². The highest BCUT2D eigenvalue weighted by atomic mass is 16.2. The molecular formula is C19H22N4O2. The van der Waals surface area contributed by atoms with Crippen molar-refractivity contribution >= 4 is 11.8 Å². The van der Waals surface area contributed by atoms with Gasteiger partial charge in [0.25, 0.3) is 5.91 Å². The lowest BCUT2D eigenvalue weighted by Crippen LogP contribution is -2.59. The van der Waals surface area contributed by atoms with Crippen LogP contribution < -0.4 is 5.73 Å². The molecule has 0 unspecified atom stereocenters. The van der Waals surface area contributed by atoms with Crippen molar-refractivity contribution in [3.8, 4) is 11.4 Å². The zero-order chi connectivity index (χ0) is 17.8. The molecule has 2 aromatic rings. The number of nitrogens with two attached hydrogens (primary N) is 1. The van der Waals surface area contributed by atoms with E-state index in [0.29, 0.717) is 24.5 Å². The molecule has 2 fully saturated rings. The van der Waals surface area contributed by atoms with Gasteiger partial charge in [-0.25, -0.2) is 4.98 Å². The highest BCUT2D eigenvalue weighted by Gasteiger charge is 2.66. The summed E-state index contributed by atoms with van der Waals surface area (Å²) in [6.07, 6.45) is 4.14. The van der Waals surface area contributed by atoms with Gasteiger partial charge in [0.15, 0.2) is 0 Å². The number of likely N-dealkylation sites (tertiary alicyclic amines) is 1. The molecule has 1 saturated heterocycles. The Balaban J connectivity index is 1.67. The van der Waals surface area contributed by atoms with Gasteiger partial charge in [0.05, 0.1) is 11.0 Å². The molecule has 2 aliphatic rings. The van der Waals surface area contributed by atoms with E-state index < -0.39 is 5.41 Å². The SMILES string of the molecule is CC1(C)C[C@]2(C(N)=O)CN(C(=O)c3ccccc3-c3ncc[nH]3)C[C@H]12. The Morgan fingerprint density at radius 2 is 2.08 bits per heavy atom. The summed E-state index contributed by atoms with van der Waals surface area (Å²) in [4.78, 5) is 34.4. The minimum atomic E-state index is -0.571. The van der Waals surface area contributed by atoms with E-state index in [0.717, 1.165) is 12.0 Å². The van der Waals surface area contributed by atoms with Crippen LogP contribution >= 0.6 is 0 Å². The topological polar surface area (TPSA) is 92.1 Å². The first-order valence-corrected chi connectivity index (χ1v) is 8.53. The van der Waals surface area contributed by atoms with Gasteiger partial charge in [0.1, 0.15) is 5.82 Å². The molecule has 2 amide bonds. The van der Waals surface area contributed by atoms with E-state index in [2.05, 4.69) is 23.8 Å². The number of rotatable bonds is 3. The average Bonchev–Trinajstić information content (AvgIpc) is 3.21. The second-order valence-electron chi connectivity index (χ2n) is 7.91. The fraction of sp³-hybridized carbons (Fsp3) is 0.421. The molecule has 2 heterocycles. The largest absolute Gasteiger partial charge is 0.369 e. The van der Waals surface area contributed by atoms with Gasteiger partial charge in [0.2, 0.25) is 5.91 Å². The Kier molecular flexibility index (Phi) is 3.29. The molecule has 4 rings (SSSR count). The van der Waals surface area contributed by atoms with E-state index in [-0.39, 0.29) is 23.1 Å². The van der Waals surface area contributed by atoms with Crippen molar-refractivity contribution in [3.05, 3.63) is 42.2 Å². The lowest BCUT2D eigenvalue weighted by Gasteiger charge is -2.54. The molecule has 1 aromatic carbocycles. The quantitative estimate of drug-likeness (QED) is 0.897. The minimum Gasteiger partial charge on any atom is -0.369 e. The highest BCUT2D eigenvalue weighted by Crippen LogP contribution is 2.62. The third-order valence-electron chi connectivity index (χ3n) is 5.95. The van der Waals surface area contributed by atoms with E-state index in [9.17, 15) is 9.59 Å². The predicted octanol–water partition coefficient (Wildman–Crippen LogP) is 2.05. The summed E-state index contributed by atoms with van der Waals surface area (Å²) >= 11 is 0. The van der Waals surface area contributed by atoms with Crippen molar-refractivity contribution in [2.45, 2.75) is 20.3 Å². The number of imidazole rings is 1. The van der Waals surface area contributed by atoms with Crippen LogP contribution in [0.15, 0.2) is 36.7 Å². The number of H-pyrrole nitrogens is 1. The maximum absolute atomic E-state index is 13.2. The Labute approximate surface area is 146 Å². The number of carbonyl (C=O) groups excluding carboxylic acids is 2. The third kappa shape index (κ3) is 2.20. The number of carbonyl (C=O) groups is 2. The number of primary amides is 1. The number of amides is 2. The number of hydrogen-bond acceptors (Lipinski definition) is 3. The molecule has 25 heavy (non-hydrogen) atoms. The first-order valence-electron chi connectivity index (χ1n) is 8.53. The minimum absolute atomic E-state index is 0.0323. The number of fused-ring (bicyclic) bond motifs is 1. The maximum Gasteiger partial charge on any atom is 0.254 e. The summed E-state index contributed by atoms with van der Waals surface area (Å²) < 4.78 is 0. The highest BCUT2D eigenvalue weighted by molar-refractivity contribution is 6.01. The monoisotopic (exact) mass is 338 g/mol. The van der Waals surface area contributed by atoms with Crippen LogP contribution in [0.5, 0.6) is 0 Å². The number of hydrogen-bond donors (Lipinski definition) is 2. The number of aromatic amines is 1. The molecule has 1 aliphatic heterocycles. The molecule has 3 N–H and O–H groups in total. The fourth-order valence-corrected chi connectivity index (χ4v) is 4.84. The van der Waals surface area contributed by atoms with Crippen molar-refractivity contribution < 1.29 is 9.59 Å². The van der Waals surface area contributed by atoms with Crippen molar-refractivity contribution in [1.29, 1.82) is 0 Å². The summed E-state index contributed by atoms with van der Waals surface area (Å²) in [5.41, 5.74) is 6.53. The average molecular weight is 338 g/mol. The van der Waals surface area contributed by atoms with Crippen LogP contribution in [0.4, 0.5) is 0 Å². The van der Waals surface area contributed by atoms with Gasteiger partial charge >= 0.3 is 0 Å². The second-order valence-corrected chi connectivity index (χ2v) is 7.91. The molecule has 130 valence electrons. The lowest BCUT2D eigenvalue weighted by molar-refractivity contribution is -0.148. The van der Waals surface area contributed by atoms with Crippen LogP contribution in [0.2, 0.25) is 0 Å². The number of nitrogens with one attached hydrogen (secondary N) is 1. The van der Waals surface area contributed by atoms with Crippen molar-refractivity contribution in [2.24, 2.45) is 22.5 Å². The molecule has 0 bridgehead atoms. The van der Waals surface area contributed by atoms with E-state index in [1.54, 1.807) is 17.3 Å². The molecule has 1 saturated carbocycles. The Morgan fingerprint density at radius 1 is 1.32 bits per heavy atom. The lowest BCUT2D eigenvalue weighted by atomic mass is 9.48. The summed E-state index contributed by atoms with van der Waals surface area (Å²) in [5, 5.41) is 0. The van der Waals surface area contributed by atoms with E-state index in [1.165, 1.54) is 0 Å². The standard InChI is InChI=1S/C19H22N4O2/c1-18(2)10-19(17(20)25)11-23(9-14(18)19)16(24)13-6-4-3-5-12(13)15-21-7-8-22-15/h3-8,14H,9-11H2,1-2H3,(H2,20,25)(H,21,22)/t14-,19+/m1/s1.